The summed E-state index contributed by atoms with van der Waals surface area (Å²) in [5, 5.41) is 4.34. The van der Waals surface area contributed by atoms with E-state index in [1.54, 1.807) is 0 Å². The zero-order chi connectivity index (χ0) is 31.8. The number of aromatic amines is 1. The van der Waals surface area contributed by atoms with Crippen molar-refractivity contribution in [2.45, 2.75) is 49.2 Å². The molecule has 0 saturated carbocycles. The maximum atomic E-state index is 15.9. The van der Waals surface area contributed by atoms with Gasteiger partial charge in [-0.25, -0.2) is 48.0 Å². The first kappa shape index (κ1) is 30.2. The van der Waals surface area contributed by atoms with E-state index >= 15 is 8.78 Å². The van der Waals surface area contributed by atoms with Gasteiger partial charge < -0.3 is 30.7 Å². The normalized spacial score (nSPS) is 37.7. The van der Waals surface area contributed by atoms with E-state index in [9.17, 15) is 23.7 Å². The lowest BCUT2D eigenvalue weighted by Crippen LogP contribution is -2.43. The molecule has 0 aliphatic carbocycles. The van der Waals surface area contributed by atoms with Gasteiger partial charge in [0.25, 0.3) is 5.56 Å². The summed E-state index contributed by atoms with van der Waals surface area (Å²) in [6.07, 6.45) is -10.7. The maximum Gasteiger partial charge on any atom is 0.403 e. The quantitative estimate of drug-likeness (QED) is 0.122. The summed E-state index contributed by atoms with van der Waals surface area (Å²) in [6.45, 7) is -1.34. The first-order valence-corrected chi connectivity index (χ1v) is 16.2. The van der Waals surface area contributed by atoms with Gasteiger partial charge in [-0.3, -0.25) is 28.0 Å². The number of ether oxygens (including phenoxy) is 2. The summed E-state index contributed by atoms with van der Waals surface area (Å²) in [7, 11) is -9.79. The van der Waals surface area contributed by atoms with Crippen LogP contribution in [0.5, 0.6) is 0 Å². The molecule has 4 aromatic heterocycles. The zero-order valence-electron chi connectivity index (χ0n) is 22.5. The smallest absolute Gasteiger partial charge is 0.382 e. The number of alkyl halides is 2. The summed E-state index contributed by atoms with van der Waals surface area (Å²) in [5.41, 5.74) is 10.6. The topological polar surface area (TPSA) is 295 Å². The van der Waals surface area contributed by atoms with Crippen LogP contribution in [0.4, 0.5) is 20.5 Å². The molecule has 242 valence electrons. The largest absolute Gasteiger partial charge is 0.403 e. The number of aromatic nitrogens is 8. The van der Waals surface area contributed by atoms with Gasteiger partial charge >= 0.3 is 15.5 Å². The number of nitrogen functional groups attached to an aromatic ring is 2. The standard InChI is InChI=1S/C20H24F2N12O9P2/c21-8-12-6(40-18(8)33-4-27-10-14(23)25-3-26-15(10)33)1-29-45(38,39)43-13-7(2-30-44(36,37)42-12)41-19(9(13)22)34-5-28-11-16(34)31-20(24)32-17(11)35/h3-9,12-13,18-19H,1-2H2,(H2,23,25,26)(H2,29,38,39)(H2,30,36,37)(H3,24,31,32,35)/t6-,7-,8?,9?,12?,13?,18-,19-/m1/s1. The van der Waals surface area contributed by atoms with Crippen LogP contribution >= 0.6 is 15.5 Å². The number of fused-ring (bicyclic) bond motifs is 4. The second-order valence-corrected chi connectivity index (χ2v) is 13.4. The molecule has 3 aliphatic rings. The average Bonchev–Trinajstić information content (AvgIpc) is 3.72. The molecule has 0 spiro atoms. The van der Waals surface area contributed by atoms with E-state index in [0.717, 1.165) is 17.2 Å². The molecule has 0 amide bonds. The van der Waals surface area contributed by atoms with E-state index in [1.807, 2.05) is 0 Å². The highest BCUT2D eigenvalue weighted by atomic mass is 31.2. The van der Waals surface area contributed by atoms with Gasteiger partial charge in [-0.1, -0.05) is 0 Å². The van der Waals surface area contributed by atoms with E-state index < -0.39 is 83.4 Å². The number of nitrogens with two attached hydrogens (primary N) is 2. The first-order valence-electron chi connectivity index (χ1n) is 13.1. The van der Waals surface area contributed by atoms with Crippen LogP contribution in [0.2, 0.25) is 0 Å². The monoisotopic (exact) mass is 676 g/mol. The molecule has 9 N–H and O–H groups in total. The molecule has 3 saturated heterocycles. The molecule has 3 fully saturated rings. The van der Waals surface area contributed by atoms with Crippen molar-refractivity contribution in [3.63, 3.8) is 0 Å². The lowest BCUT2D eigenvalue weighted by atomic mass is 10.1. The van der Waals surface area contributed by atoms with Crippen LogP contribution in [0, 0.1) is 0 Å². The highest BCUT2D eigenvalue weighted by molar-refractivity contribution is 7.50. The van der Waals surface area contributed by atoms with Crippen molar-refractivity contribution in [2.75, 3.05) is 24.6 Å². The van der Waals surface area contributed by atoms with Crippen molar-refractivity contribution < 1.29 is 46.2 Å². The van der Waals surface area contributed by atoms with Crippen LogP contribution in [0.15, 0.2) is 23.8 Å². The third-order valence-electron chi connectivity index (χ3n) is 7.43. The Kier molecular flexibility index (Phi) is 7.24. The van der Waals surface area contributed by atoms with Gasteiger partial charge in [0.05, 0.1) is 12.7 Å². The van der Waals surface area contributed by atoms with E-state index in [-0.39, 0.29) is 34.1 Å². The maximum absolute atomic E-state index is 15.9. The Morgan fingerprint density at radius 1 is 0.844 bits per heavy atom. The number of nitrogens with zero attached hydrogens (tertiary/aromatic N) is 7. The molecule has 7 rings (SSSR count). The number of hydrogen-bond donors (Lipinski definition) is 7. The van der Waals surface area contributed by atoms with Gasteiger partial charge in [-0.05, 0) is 0 Å². The van der Waals surface area contributed by atoms with Crippen molar-refractivity contribution >= 4 is 49.6 Å². The third kappa shape index (κ3) is 5.29. The fourth-order valence-corrected chi connectivity index (χ4v) is 7.55. The number of halogens is 2. The molecule has 21 nitrogen and oxygen atoms in total. The summed E-state index contributed by atoms with van der Waals surface area (Å²) in [4.78, 5) is 55.5. The molecule has 4 aromatic rings. The van der Waals surface area contributed by atoms with Gasteiger partial charge in [0.1, 0.15) is 36.3 Å². The average molecular weight is 676 g/mol. The predicted molar refractivity (Wildman–Crippen MR) is 145 cm³/mol. The predicted octanol–water partition coefficient (Wildman–Crippen LogP) is -1.24. The molecule has 10 atom stereocenters. The molecule has 0 bridgehead atoms. The highest BCUT2D eigenvalue weighted by Gasteiger charge is 2.54. The summed E-state index contributed by atoms with van der Waals surface area (Å²) >= 11 is 0. The second kappa shape index (κ2) is 10.8. The molecular weight excluding hydrogens is 652 g/mol. The van der Waals surface area contributed by atoms with Gasteiger partial charge in [-0.2, -0.15) is 4.98 Å². The van der Waals surface area contributed by atoms with Crippen LogP contribution in [0.25, 0.3) is 22.3 Å². The van der Waals surface area contributed by atoms with Gasteiger partial charge in [0.2, 0.25) is 5.95 Å². The minimum Gasteiger partial charge on any atom is -0.382 e. The van der Waals surface area contributed by atoms with Crippen molar-refractivity contribution in [3.8, 4) is 0 Å². The minimum atomic E-state index is -4.90. The van der Waals surface area contributed by atoms with Gasteiger partial charge in [0.15, 0.2) is 47.4 Å². The van der Waals surface area contributed by atoms with Crippen LogP contribution in [0.1, 0.15) is 12.5 Å². The number of rotatable bonds is 2. The lowest BCUT2D eigenvalue weighted by Gasteiger charge is -2.28. The van der Waals surface area contributed by atoms with E-state index in [2.05, 4.69) is 40.1 Å². The van der Waals surface area contributed by atoms with Crippen LogP contribution in [-0.4, -0.2) is 98.7 Å². The summed E-state index contributed by atoms with van der Waals surface area (Å²) in [6, 6.07) is 0. The van der Waals surface area contributed by atoms with Crippen LogP contribution < -0.4 is 27.2 Å². The van der Waals surface area contributed by atoms with Crippen molar-refractivity contribution in [1.82, 2.24) is 49.2 Å². The number of H-pyrrole nitrogens is 1. The fraction of sp³-hybridized carbons (Fsp3) is 0.500. The first-order chi connectivity index (χ1) is 21.3. The third-order valence-corrected chi connectivity index (χ3v) is 9.66. The number of imidazole rings is 2. The lowest BCUT2D eigenvalue weighted by molar-refractivity contribution is -0.0243. The fourth-order valence-electron chi connectivity index (χ4n) is 5.42. The van der Waals surface area contributed by atoms with Crippen molar-refractivity contribution in [3.05, 3.63) is 29.3 Å². The number of hydrogen-bond acceptors (Lipinski definition) is 14. The van der Waals surface area contributed by atoms with Gasteiger partial charge in [0, 0.05) is 13.1 Å². The van der Waals surface area contributed by atoms with Crippen molar-refractivity contribution in [1.29, 1.82) is 0 Å². The Balaban J connectivity index is 1.17. The van der Waals surface area contributed by atoms with Gasteiger partial charge in [-0.15, -0.1) is 0 Å². The van der Waals surface area contributed by atoms with E-state index in [1.165, 1.54) is 10.9 Å². The Morgan fingerprint density at radius 3 is 1.96 bits per heavy atom. The highest BCUT2D eigenvalue weighted by Crippen LogP contribution is 2.50. The molecule has 0 aromatic carbocycles. The minimum absolute atomic E-state index is 0.00967. The SMILES string of the molecule is Nc1nc2c(ncn2[C@@H]2O[C@@H]3CNP(=O)(O)OC4C(F)[C@H](n5cnc6c(N)ncnc65)O[C@@H]4CNP(=O)(O)OC3C2F)c(=O)[nH]1. The number of anilines is 2. The van der Waals surface area contributed by atoms with Crippen LogP contribution in [0.3, 0.4) is 0 Å². The van der Waals surface area contributed by atoms with Crippen LogP contribution in [-0.2, 0) is 27.7 Å². The molecule has 6 unspecified atom stereocenters. The molecule has 45 heavy (non-hydrogen) atoms. The Labute approximate surface area is 248 Å². The molecule has 3 aliphatic heterocycles. The Morgan fingerprint density at radius 2 is 1.38 bits per heavy atom. The molecule has 0 radical (unpaired) electrons. The van der Waals surface area contributed by atoms with E-state index in [4.69, 9.17) is 30.0 Å². The zero-order valence-corrected chi connectivity index (χ0v) is 24.2. The summed E-state index contributed by atoms with van der Waals surface area (Å²) < 4.78 is 82.2. The molecule has 7 heterocycles. The molecule has 25 heteroatoms. The Hall–Kier alpha value is -3.50. The molecular formula is C20H24F2N12O9P2. The van der Waals surface area contributed by atoms with Crippen molar-refractivity contribution in [2.24, 2.45) is 0 Å². The Bertz CT molecular complexity index is 1940. The van der Waals surface area contributed by atoms with E-state index in [0.29, 0.717) is 0 Å². The summed E-state index contributed by atoms with van der Waals surface area (Å²) in [5.74, 6) is -0.287. The number of nitrogens with one attached hydrogen (secondary N) is 3. The second-order valence-electron chi connectivity index (χ2n) is 10.3.